The van der Waals surface area contributed by atoms with Crippen molar-refractivity contribution >= 4 is 21.8 Å². The first-order valence-corrected chi connectivity index (χ1v) is 8.49. The van der Waals surface area contributed by atoms with E-state index in [0.717, 1.165) is 0 Å². The maximum Gasteiger partial charge on any atom is 0.315 e. The minimum atomic E-state index is -3.12. The largest absolute Gasteiger partial charge is 0.481 e. The van der Waals surface area contributed by atoms with Gasteiger partial charge in [-0.15, -0.1) is 0 Å². The van der Waals surface area contributed by atoms with E-state index in [9.17, 15) is 23.1 Å². The third-order valence-corrected chi connectivity index (χ3v) is 6.07. The Hall–Kier alpha value is -1.35. The summed E-state index contributed by atoms with van der Waals surface area (Å²) in [6.45, 7) is 3.32. The Balaban J connectivity index is 1.98. The molecule has 0 aliphatic carbocycles. The number of amides is 2. The van der Waals surface area contributed by atoms with Gasteiger partial charge in [0.2, 0.25) is 0 Å². The van der Waals surface area contributed by atoms with Crippen LogP contribution < -0.4 is 10.6 Å². The van der Waals surface area contributed by atoms with E-state index >= 15 is 0 Å². The summed E-state index contributed by atoms with van der Waals surface area (Å²) in [5, 5.41) is 14.4. The van der Waals surface area contributed by atoms with E-state index in [4.69, 9.17) is 4.74 Å². The van der Waals surface area contributed by atoms with Crippen LogP contribution in [0.3, 0.4) is 0 Å². The van der Waals surface area contributed by atoms with E-state index in [2.05, 4.69) is 10.6 Å². The zero-order valence-corrected chi connectivity index (χ0v) is 12.8. The third-order valence-electron chi connectivity index (χ3n) is 4.17. The standard InChI is InChI=1S/C12H20N2O6S/c1-11(3-4-21(18,19)7-11)14-10(17)13-8-5-20-6-12(8,2)9(15)16/h8H,3-7H2,1-2H3,(H,15,16)(H2,13,14,17). The maximum atomic E-state index is 12.0. The van der Waals surface area contributed by atoms with E-state index in [1.165, 1.54) is 6.92 Å². The summed E-state index contributed by atoms with van der Waals surface area (Å²) in [4.78, 5) is 23.3. The number of carbonyl (C=O) groups excluding carboxylic acids is 1. The first kappa shape index (κ1) is 16.0. The number of nitrogens with one attached hydrogen (secondary N) is 2. The zero-order valence-electron chi connectivity index (χ0n) is 12.0. The van der Waals surface area contributed by atoms with Crippen LogP contribution >= 0.6 is 0 Å². The summed E-state index contributed by atoms with van der Waals surface area (Å²) in [5.74, 6) is -1.10. The number of rotatable bonds is 3. The molecule has 2 aliphatic heterocycles. The van der Waals surface area contributed by atoms with Crippen molar-refractivity contribution in [2.75, 3.05) is 24.7 Å². The van der Waals surface area contributed by atoms with Crippen LogP contribution in [0.15, 0.2) is 0 Å². The quantitative estimate of drug-likeness (QED) is 0.635. The molecule has 8 nitrogen and oxygen atoms in total. The van der Waals surface area contributed by atoms with Crippen molar-refractivity contribution in [1.29, 1.82) is 0 Å². The number of carboxylic acids is 1. The molecule has 0 saturated carbocycles. The minimum absolute atomic E-state index is 0.0267. The molecular weight excluding hydrogens is 300 g/mol. The third kappa shape index (κ3) is 3.29. The van der Waals surface area contributed by atoms with Gasteiger partial charge in [-0.3, -0.25) is 4.79 Å². The molecule has 2 fully saturated rings. The highest BCUT2D eigenvalue weighted by atomic mass is 32.2. The highest BCUT2D eigenvalue weighted by Crippen LogP contribution is 2.29. The second-order valence-corrected chi connectivity index (χ2v) is 8.48. The van der Waals surface area contributed by atoms with Gasteiger partial charge in [-0.1, -0.05) is 0 Å². The van der Waals surface area contributed by atoms with Gasteiger partial charge in [0.1, 0.15) is 5.41 Å². The molecule has 0 aromatic heterocycles. The van der Waals surface area contributed by atoms with Crippen LogP contribution in [0.25, 0.3) is 0 Å². The summed E-state index contributed by atoms with van der Waals surface area (Å²) >= 11 is 0. The van der Waals surface area contributed by atoms with E-state index in [1.54, 1.807) is 6.92 Å². The Morgan fingerprint density at radius 2 is 2.00 bits per heavy atom. The Morgan fingerprint density at radius 3 is 2.52 bits per heavy atom. The van der Waals surface area contributed by atoms with E-state index in [1.807, 2.05) is 0 Å². The Kier molecular flexibility index (Phi) is 3.92. The molecule has 21 heavy (non-hydrogen) atoms. The predicted octanol–water partition coefficient (Wildman–Crippen LogP) is -0.647. The molecule has 2 saturated heterocycles. The number of carboxylic acid groups (broad SMARTS) is 1. The van der Waals surface area contributed by atoms with Crippen LogP contribution in [-0.4, -0.2) is 61.8 Å². The second-order valence-electron chi connectivity index (χ2n) is 6.29. The fourth-order valence-corrected chi connectivity index (χ4v) is 4.76. The molecule has 3 N–H and O–H groups in total. The maximum absolute atomic E-state index is 12.0. The van der Waals surface area contributed by atoms with Crippen molar-refractivity contribution in [1.82, 2.24) is 10.6 Å². The molecule has 0 aromatic carbocycles. The van der Waals surface area contributed by atoms with Crippen molar-refractivity contribution in [3.63, 3.8) is 0 Å². The Morgan fingerprint density at radius 1 is 1.33 bits per heavy atom. The number of ether oxygens (including phenoxy) is 1. The molecule has 3 atom stereocenters. The van der Waals surface area contributed by atoms with Gasteiger partial charge in [-0.2, -0.15) is 0 Å². The van der Waals surface area contributed by atoms with E-state index in [-0.39, 0.29) is 24.7 Å². The SMILES string of the molecule is CC1(NC(=O)NC2COCC2(C)C(=O)O)CCS(=O)(=O)C1. The molecule has 0 aromatic rings. The Bertz CT molecular complexity index is 562. The summed E-state index contributed by atoms with van der Waals surface area (Å²) in [5.41, 5.74) is -2.00. The average molecular weight is 320 g/mol. The summed E-state index contributed by atoms with van der Waals surface area (Å²) in [6.07, 6.45) is 0.347. The monoisotopic (exact) mass is 320 g/mol. The van der Waals surface area contributed by atoms with Gasteiger partial charge in [0.25, 0.3) is 0 Å². The molecule has 0 radical (unpaired) electrons. The first-order chi connectivity index (χ1) is 9.56. The van der Waals surface area contributed by atoms with Crippen LogP contribution in [-0.2, 0) is 19.4 Å². The molecule has 0 bridgehead atoms. The lowest BCUT2D eigenvalue weighted by atomic mass is 9.85. The molecule has 2 aliphatic rings. The minimum Gasteiger partial charge on any atom is -0.481 e. The highest BCUT2D eigenvalue weighted by molar-refractivity contribution is 7.91. The molecule has 2 heterocycles. The van der Waals surface area contributed by atoms with Crippen molar-refractivity contribution < 1.29 is 27.9 Å². The van der Waals surface area contributed by atoms with E-state index in [0.29, 0.717) is 6.42 Å². The molecule has 3 unspecified atom stereocenters. The number of sulfone groups is 1. The fourth-order valence-electron chi connectivity index (χ4n) is 2.66. The van der Waals surface area contributed by atoms with Crippen LogP contribution in [0.2, 0.25) is 0 Å². The summed E-state index contributed by atoms with van der Waals surface area (Å²) in [7, 11) is -3.12. The van der Waals surface area contributed by atoms with Gasteiger partial charge in [0, 0.05) is 0 Å². The molecule has 0 spiro atoms. The molecule has 120 valence electrons. The summed E-state index contributed by atoms with van der Waals surface area (Å²) < 4.78 is 28.1. The van der Waals surface area contributed by atoms with Crippen LogP contribution in [0, 0.1) is 5.41 Å². The summed E-state index contributed by atoms with van der Waals surface area (Å²) in [6, 6.07) is -1.23. The average Bonchev–Trinajstić information content (AvgIpc) is 2.81. The normalized spacial score (nSPS) is 38.1. The lowest BCUT2D eigenvalue weighted by Crippen LogP contribution is -2.57. The van der Waals surface area contributed by atoms with Gasteiger partial charge < -0.3 is 20.5 Å². The van der Waals surface area contributed by atoms with Gasteiger partial charge in [0.05, 0.1) is 36.3 Å². The smallest absolute Gasteiger partial charge is 0.315 e. The van der Waals surface area contributed by atoms with Crippen LogP contribution in [0.1, 0.15) is 20.3 Å². The Labute approximate surface area is 123 Å². The predicted molar refractivity (Wildman–Crippen MR) is 73.7 cm³/mol. The first-order valence-electron chi connectivity index (χ1n) is 6.67. The molecular formula is C12H20N2O6S. The zero-order chi connectivity index (χ0) is 15.9. The number of aliphatic carboxylic acids is 1. The van der Waals surface area contributed by atoms with Crippen molar-refractivity contribution in [2.45, 2.75) is 31.8 Å². The fraction of sp³-hybridized carbons (Fsp3) is 0.833. The van der Waals surface area contributed by atoms with E-state index < -0.39 is 38.8 Å². The molecule has 2 rings (SSSR count). The number of hydrogen-bond acceptors (Lipinski definition) is 5. The van der Waals surface area contributed by atoms with Gasteiger partial charge >= 0.3 is 12.0 Å². The second kappa shape index (κ2) is 5.13. The van der Waals surface area contributed by atoms with Crippen LogP contribution in [0.4, 0.5) is 4.79 Å². The molecule has 2 amide bonds. The van der Waals surface area contributed by atoms with Gasteiger partial charge in [-0.05, 0) is 20.3 Å². The van der Waals surface area contributed by atoms with Crippen molar-refractivity contribution in [2.24, 2.45) is 5.41 Å². The number of hydrogen-bond donors (Lipinski definition) is 3. The highest BCUT2D eigenvalue weighted by Gasteiger charge is 2.48. The molecule has 9 heteroatoms. The van der Waals surface area contributed by atoms with Crippen molar-refractivity contribution in [3.8, 4) is 0 Å². The number of urea groups is 1. The lowest BCUT2D eigenvalue weighted by molar-refractivity contribution is -0.148. The number of carbonyl (C=O) groups is 2. The topological polar surface area (TPSA) is 122 Å². The van der Waals surface area contributed by atoms with Gasteiger partial charge in [0.15, 0.2) is 9.84 Å². The van der Waals surface area contributed by atoms with Crippen LogP contribution in [0.5, 0.6) is 0 Å². The van der Waals surface area contributed by atoms with Crippen molar-refractivity contribution in [3.05, 3.63) is 0 Å². The van der Waals surface area contributed by atoms with Gasteiger partial charge in [-0.25, -0.2) is 13.2 Å². The lowest BCUT2D eigenvalue weighted by Gasteiger charge is -2.29.